The molecular weight excluding hydrogens is 253 g/mol. The van der Waals surface area contributed by atoms with Gasteiger partial charge in [0, 0.05) is 24.4 Å². The molecule has 2 nitrogen and oxygen atoms in total. The summed E-state index contributed by atoms with van der Waals surface area (Å²) >= 11 is 2.40. The minimum Gasteiger partial charge on any atom is -0.342 e. The van der Waals surface area contributed by atoms with Crippen molar-refractivity contribution in [2.24, 2.45) is 11.8 Å². The van der Waals surface area contributed by atoms with E-state index in [1.165, 1.54) is 4.43 Å². The largest absolute Gasteiger partial charge is 0.342 e. The highest BCUT2D eigenvalue weighted by molar-refractivity contribution is 14.1. The van der Waals surface area contributed by atoms with Crippen LogP contribution in [-0.2, 0) is 4.79 Å². The van der Waals surface area contributed by atoms with Crippen LogP contribution >= 0.6 is 22.6 Å². The monoisotopic (exact) mass is 267 g/mol. The number of alkyl halides is 1. The Hall–Kier alpha value is 0.200. The zero-order valence-corrected chi connectivity index (χ0v) is 9.17. The lowest BCUT2D eigenvalue weighted by atomic mass is 10.0. The first-order chi connectivity index (χ1) is 5.15. The van der Waals surface area contributed by atoms with E-state index in [-0.39, 0.29) is 5.91 Å². The molecule has 0 bridgehead atoms. The van der Waals surface area contributed by atoms with E-state index in [4.69, 9.17) is 0 Å². The summed E-state index contributed by atoms with van der Waals surface area (Å²) in [5, 5.41) is 0. The molecule has 3 heteroatoms. The van der Waals surface area contributed by atoms with Crippen molar-refractivity contribution in [1.29, 1.82) is 0 Å². The number of carbonyl (C=O) groups excluding carboxylic acids is 1. The lowest BCUT2D eigenvalue weighted by Gasteiger charge is -2.12. The molecule has 0 aromatic rings. The van der Waals surface area contributed by atoms with Crippen LogP contribution in [0.3, 0.4) is 0 Å². The second kappa shape index (κ2) is 3.74. The van der Waals surface area contributed by atoms with Gasteiger partial charge in [-0.1, -0.05) is 29.5 Å². The van der Waals surface area contributed by atoms with Crippen molar-refractivity contribution in [2.75, 3.05) is 17.5 Å². The third-order valence-corrected chi connectivity index (χ3v) is 3.54. The molecule has 1 aliphatic rings. The molecule has 1 aliphatic heterocycles. The summed E-state index contributed by atoms with van der Waals surface area (Å²) in [4.78, 5) is 12.9. The fourth-order valence-corrected chi connectivity index (χ4v) is 2.64. The van der Waals surface area contributed by atoms with E-state index in [1.807, 2.05) is 4.90 Å². The Morgan fingerprint density at radius 1 is 1.64 bits per heavy atom. The van der Waals surface area contributed by atoms with Gasteiger partial charge in [0.1, 0.15) is 0 Å². The van der Waals surface area contributed by atoms with E-state index >= 15 is 0 Å². The molecule has 1 heterocycles. The topological polar surface area (TPSA) is 20.3 Å². The number of hydrogen-bond donors (Lipinski definition) is 0. The summed E-state index contributed by atoms with van der Waals surface area (Å²) in [7, 11) is 0. The van der Waals surface area contributed by atoms with Gasteiger partial charge < -0.3 is 4.90 Å². The lowest BCUT2D eigenvalue weighted by molar-refractivity contribution is -0.127. The summed E-state index contributed by atoms with van der Waals surface area (Å²) in [5.74, 6) is 1.64. The highest BCUT2D eigenvalue weighted by Gasteiger charge is 2.29. The summed E-state index contributed by atoms with van der Waals surface area (Å²) in [6.45, 7) is 5.82. The summed E-state index contributed by atoms with van der Waals surface area (Å²) in [6, 6.07) is 0. The van der Waals surface area contributed by atoms with Gasteiger partial charge in [0.2, 0.25) is 5.91 Å². The van der Waals surface area contributed by atoms with Crippen LogP contribution in [0, 0.1) is 11.8 Å². The van der Waals surface area contributed by atoms with Gasteiger partial charge in [-0.05, 0) is 11.8 Å². The minimum absolute atomic E-state index is 0.226. The molecule has 1 amide bonds. The number of hydrogen-bond acceptors (Lipinski definition) is 1. The summed E-state index contributed by atoms with van der Waals surface area (Å²) in [5.41, 5.74) is 0. The van der Waals surface area contributed by atoms with Crippen molar-refractivity contribution in [3.63, 3.8) is 0 Å². The number of amides is 1. The zero-order chi connectivity index (χ0) is 8.43. The summed E-state index contributed by atoms with van der Waals surface area (Å²) < 4.78 is 1.17. The molecule has 1 rings (SSSR count). The second-order valence-corrected chi connectivity index (χ2v) is 4.20. The highest BCUT2D eigenvalue weighted by Crippen LogP contribution is 2.24. The molecule has 2 unspecified atom stereocenters. The van der Waals surface area contributed by atoms with Gasteiger partial charge in [0.15, 0.2) is 0 Å². The number of rotatable bonds is 1. The van der Waals surface area contributed by atoms with Crippen LogP contribution in [-0.4, -0.2) is 28.3 Å². The average Bonchev–Trinajstić information content (AvgIpc) is 2.31. The molecule has 0 radical (unpaired) electrons. The van der Waals surface area contributed by atoms with E-state index in [9.17, 15) is 4.79 Å². The normalized spacial score (nSPS) is 31.0. The first kappa shape index (κ1) is 9.29. The first-order valence-electron chi connectivity index (χ1n) is 3.96. The van der Waals surface area contributed by atoms with Gasteiger partial charge in [0.25, 0.3) is 0 Å². The van der Waals surface area contributed by atoms with Gasteiger partial charge in [-0.25, -0.2) is 0 Å². The Balaban J connectivity index is 2.49. The van der Waals surface area contributed by atoms with Crippen molar-refractivity contribution in [3.8, 4) is 0 Å². The molecule has 2 atom stereocenters. The molecule has 0 spiro atoms. The Morgan fingerprint density at radius 3 is 2.55 bits per heavy atom. The maximum absolute atomic E-state index is 11.0. The fourth-order valence-electron chi connectivity index (χ4n) is 1.49. The third kappa shape index (κ3) is 2.07. The Kier molecular flexibility index (Phi) is 3.16. The van der Waals surface area contributed by atoms with Gasteiger partial charge in [-0.3, -0.25) is 4.79 Å². The van der Waals surface area contributed by atoms with Crippen LogP contribution in [0.4, 0.5) is 0 Å². The first-order valence-corrected chi connectivity index (χ1v) is 5.49. The van der Waals surface area contributed by atoms with Gasteiger partial charge >= 0.3 is 0 Å². The Bertz CT molecular complexity index is 160. The number of nitrogens with zero attached hydrogens (tertiary/aromatic N) is 1. The minimum atomic E-state index is 0.226. The fraction of sp³-hybridized carbons (Fsp3) is 0.875. The van der Waals surface area contributed by atoms with E-state index in [2.05, 4.69) is 29.5 Å². The van der Waals surface area contributed by atoms with Crippen molar-refractivity contribution in [1.82, 2.24) is 4.90 Å². The molecule has 1 saturated heterocycles. The quantitative estimate of drug-likeness (QED) is 0.521. The standard InChI is InChI=1S/C8H14INO/c1-6-4-10(7(2)11)5-8(6)3-9/h6,8H,3-5H2,1-2H3. The van der Waals surface area contributed by atoms with E-state index < -0.39 is 0 Å². The molecule has 0 aromatic heterocycles. The van der Waals surface area contributed by atoms with Crippen molar-refractivity contribution in [3.05, 3.63) is 0 Å². The Morgan fingerprint density at radius 2 is 2.27 bits per heavy atom. The van der Waals surface area contributed by atoms with E-state index in [0.717, 1.165) is 19.0 Å². The average molecular weight is 267 g/mol. The molecule has 0 aliphatic carbocycles. The molecule has 0 aromatic carbocycles. The number of likely N-dealkylation sites (tertiary alicyclic amines) is 1. The highest BCUT2D eigenvalue weighted by atomic mass is 127. The molecule has 1 fully saturated rings. The predicted octanol–water partition coefficient (Wildman–Crippen LogP) is 1.54. The SMILES string of the molecule is CC(=O)N1CC(C)C(CI)C1. The van der Waals surface area contributed by atoms with Crippen LogP contribution in [0.15, 0.2) is 0 Å². The van der Waals surface area contributed by atoms with Gasteiger partial charge in [-0.15, -0.1) is 0 Å². The molecule has 0 saturated carbocycles. The van der Waals surface area contributed by atoms with Crippen LogP contribution in [0.25, 0.3) is 0 Å². The second-order valence-electron chi connectivity index (χ2n) is 3.32. The van der Waals surface area contributed by atoms with Crippen LogP contribution in [0.2, 0.25) is 0 Å². The molecule has 0 N–H and O–H groups in total. The third-order valence-electron chi connectivity index (χ3n) is 2.41. The lowest BCUT2D eigenvalue weighted by Crippen LogP contribution is -2.26. The number of halogens is 1. The van der Waals surface area contributed by atoms with E-state index in [0.29, 0.717) is 5.92 Å². The van der Waals surface area contributed by atoms with Gasteiger partial charge in [-0.2, -0.15) is 0 Å². The van der Waals surface area contributed by atoms with Crippen molar-refractivity contribution < 1.29 is 4.79 Å². The van der Waals surface area contributed by atoms with Crippen molar-refractivity contribution in [2.45, 2.75) is 13.8 Å². The predicted molar refractivity (Wildman–Crippen MR) is 53.8 cm³/mol. The molecule has 11 heavy (non-hydrogen) atoms. The smallest absolute Gasteiger partial charge is 0.219 e. The number of carbonyl (C=O) groups is 1. The van der Waals surface area contributed by atoms with Crippen LogP contribution in [0.5, 0.6) is 0 Å². The molecule has 64 valence electrons. The molecular formula is C8H14INO. The maximum Gasteiger partial charge on any atom is 0.219 e. The Labute approximate surface area is 81.5 Å². The van der Waals surface area contributed by atoms with Crippen LogP contribution in [0.1, 0.15) is 13.8 Å². The summed E-state index contributed by atoms with van der Waals surface area (Å²) in [6.07, 6.45) is 0. The zero-order valence-electron chi connectivity index (χ0n) is 7.01. The maximum atomic E-state index is 11.0. The van der Waals surface area contributed by atoms with Gasteiger partial charge in [0.05, 0.1) is 0 Å². The van der Waals surface area contributed by atoms with Crippen LogP contribution < -0.4 is 0 Å². The van der Waals surface area contributed by atoms with Crippen molar-refractivity contribution >= 4 is 28.5 Å². The van der Waals surface area contributed by atoms with E-state index in [1.54, 1.807) is 6.92 Å².